The van der Waals surface area contributed by atoms with E-state index in [1.165, 1.54) is 0 Å². The van der Waals surface area contributed by atoms with Gasteiger partial charge in [0, 0.05) is 16.8 Å². The van der Waals surface area contributed by atoms with Gasteiger partial charge in [-0.1, -0.05) is 66.2 Å². The van der Waals surface area contributed by atoms with Gasteiger partial charge in [-0.05, 0) is 38.1 Å². The highest BCUT2D eigenvalue weighted by Crippen LogP contribution is 2.25. The zero-order valence-electron chi connectivity index (χ0n) is 17.7. The van der Waals surface area contributed by atoms with E-state index in [0.717, 1.165) is 11.1 Å². The van der Waals surface area contributed by atoms with E-state index in [-0.39, 0.29) is 5.69 Å². The van der Waals surface area contributed by atoms with E-state index in [1.54, 1.807) is 43.3 Å². The van der Waals surface area contributed by atoms with E-state index in [0.29, 0.717) is 22.9 Å². The van der Waals surface area contributed by atoms with Crippen LogP contribution in [0, 0.1) is 13.8 Å². The Hall–Kier alpha value is -4.19. The molecular weight excluding hydrogens is 404 g/mol. The summed E-state index contributed by atoms with van der Waals surface area (Å²) in [6.45, 7) is 3.60. The van der Waals surface area contributed by atoms with Gasteiger partial charge in [0.1, 0.15) is 5.76 Å². The monoisotopic (exact) mass is 426 g/mol. The number of nitrogens with zero attached hydrogens (tertiary/aromatic N) is 1. The van der Waals surface area contributed by atoms with Gasteiger partial charge in [-0.25, -0.2) is 9.78 Å². The van der Waals surface area contributed by atoms with Gasteiger partial charge in [-0.3, -0.25) is 4.79 Å². The van der Waals surface area contributed by atoms with Crippen LogP contribution >= 0.6 is 0 Å². The van der Waals surface area contributed by atoms with E-state index in [1.807, 2.05) is 55.5 Å². The average molecular weight is 426 g/mol. The van der Waals surface area contributed by atoms with Gasteiger partial charge in [0.25, 0.3) is 5.91 Å². The number of anilines is 1. The second-order valence-electron chi connectivity index (χ2n) is 7.34. The highest BCUT2D eigenvalue weighted by molar-refractivity contribution is 5.98. The number of aryl methyl sites for hydroxylation is 2. The van der Waals surface area contributed by atoms with E-state index in [9.17, 15) is 9.59 Å². The Morgan fingerprint density at radius 2 is 1.50 bits per heavy atom. The lowest BCUT2D eigenvalue weighted by molar-refractivity contribution is -0.125. The van der Waals surface area contributed by atoms with E-state index in [2.05, 4.69) is 10.3 Å². The predicted octanol–water partition coefficient (Wildman–Crippen LogP) is 5.50. The molecular formula is C26H22N2O4. The van der Waals surface area contributed by atoms with E-state index in [4.69, 9.17) is 9.15 Å². The third-order valence-electron chi connectivity index (χ3n) is 4.90. The van der Waals surface area contributed by atoms with Crippen LogP contribution in [0.2, 0.25) is 0 Å². The van der Waals surface area contributed by atoms with Crippen LogP contribution in [0.25, 0.3) is 11.5 Å². The van der Waals surface area contributed by atoms with Crippen molar-refractivity contribution in [2.75, 3.05) is 5.32 Å². The molecule has 0 spiro atoms. The fourth-order valence-corrected chi connectivity index (χ4v) is 3.20. The quantitative estimate of drug-likeness (QED) is 0.412. The number of esters is 1. The van der Waals surface area contributed by atoms with Gasteiger partial charge < -0.3 is 14.5 Å². The minimum atomic E-state index is -1.15. The average Bonchev–Trinajstić information content (AvgIpc) is 3.21. The van der Waals surface area contributed by atoms with Gasteiger partial charge in [0.05, 0.1) is 0 Å². The summed E-state index contributed by atoms with van der Waals surface area (Å²) >= 11 is 0. The van der Waals surface area contributed by atoms with Crippen LogP contribution < -0.4 is 5.32 Å². The Balaban J connectivity index is 1.59. The first-order valence-electron chi connectivity index (χ1n) is 10.2. The van der Waals surface area contributed by atoms with Crippen molar-refractivity contribution in [1.82, 2.24) is 4.98 Å². The SMILES string of the molecule is Cc1ccc(NC(=O)[C@H](OC(=O)c2nc(-c3ccccc3)oc2C)c2ccccc2)cc1. The highest BCUT2D eigenvalue weighted by Gasteiger charge is 2.28. The summed E-state index contributed by atoms with van der Waals surface area (Å²) in [6, 6.07) is 25.5. The Bertz CT molecular complexity index is 1220. The van der Waals surface area contributed by atoms with Crippen LogP contribution in [-0.2, 0) is 9.53 Å². The molecule has 0 unspecified atom stereocenters. The standard InChI is InChI=1S/C26H22N2O4/c1-17-13-15-21(16-14-17)27-24(29)23(19-9-5-3-6-10-19)32-26(30)22-18(2)31-25(28-22)20-11-7-4-8-12-20/h3-16,23H,1-2H3,(H,27,29)/t23-/m1/s1. The second kappa shape index (κ2) is 9.31. The molecule has 0 aliphatic rings. The smallest absolute Gasteiger partial charge is 0.361 e. The zero-order chi connectivity index (χ0) is 22.5. The van der Waals surface area contributed by atoms with Crippen molar-refractivity contribution >= 4 is 17.6 Å². The number of ether oxygens (including phenoxy) is 1. The van der Waals surface area contributed by atoms with E-state index >= 15 is 0 Å². The molecule has 3 aromatic carbocycles. The fraction of sp³-hybridized carbons (Fsp3) is 0.115. The molecule has 32 heavy (non-hydrogen) atoms. The lowest BCUT2D eigenvalue weighted by Gasteiger charge is -2.17. The van der Waals surface area contributed by atoms with Crippen molar-refractivity contribution in [3.63, 3.8) is 0 Å². The Morgan fingerprint density at radius 3 is 2.16 bits per heavy atom. The number of carbonyl (C=O) groups excluding carboxylic acids is 2. The van der Waals surface area contributed by atoms with Gasteiger partial charge in [-0.2, -0.15) is 0 Å². The zero-order valence-corrected chi connectivity index (χ0v) is 17.7. The molecule has 6 nitrogen and oxygen atoms in total. The number of aromatic nitrogens is 1. The number of hydrogen-bond acceptors (Lipinski definition) is 5. The second-order valence-corrected chi connectivity index (χ2v) is 7.34. The Kier molecular flexibility index (Phi) is 6.12. The largest absolute Gasteiger partial charge is 0.442 e. The topological polar surface area (TPSA) is 81.4 Å². The normalized spacial score (nSPS) is 11.6. The number of benzene rings is 3. The summed E-state index contributed by atoms with van der Waals surface area (Å²) in [5.74, 6) is -0.561. The fourth-order valence-electron chi connectivity index (χ4n) is 3.20. The predicted molar refractivity (Wildman–Crippen MR) is 121 cm³/mol. The van der Waals surface area contributed by atoms with Gasteiger partial charge in [-0.15, -0.1) is 0 Å². The van der Waals surface area contributed by atoms with E-state index < -0.39 is 18.0 Å². The maximum Gasteiger partial charge on any atom is 0.361 e. The van der Waals surface area contributed by atoms with Crippen LogP contribution in [0.15, 0.2) is 89.3 Å². The molecule has 1 amide bonds. The molecule has 0 saturated heterocycles. The number of oxazole rings is 1. The van der Waals surface area contributed by atoms with Crippen molar-refractivity contribution in [3.05, 3.63) is 108 Å². The molecule has 0 aliphatic heterocycles. The third-order valence-corrected chi connectivity index (χ3v) is 4.90. The minimum Gasteiger partial charge on any atom is -0.442 e. The summed E-state index contributed by atoms with van der Waals surface area (Å²) in [4.78, 5) is 30.3. The summed E-state index contributed by atoms with van der Waals surface area (Å²) in [5.41, 5.74) is 3.01. The van der Waals surface area contributed by atoms with Crippen LogP contribution in [0.4, 0.5) is 5.69 Å². The number of hydrogen-bond donors (Lipinski definition) is 1. The number of nitrogens with one attached hydrogen (secondary N) is 1. The summed E-state index contributed by atoms with van der Waals surface area (Å²) in [7, 11) is 0. The molecule has 0 saturated carbocycles. The molecule has 0 bridgehead atoms. The molecule has 4 aromatic rings. The van der Waals surface area contributed by atoms with Crippen LogP contribution in [0.1, 0.15) is 33.5 Å². The number of amides is 1. The molecule has 1 heterocycles. The first kappa shape index (κ1) is 21.1. The van der Waals surface area contributed by atoms with Gasteiger partial charge in [0.2, 0.25) is 12.0 Å². The molecule has 0 fully saturated rings. The van der Waals surface area contributed by atoms with Crippen molar-refractivity contribution in [2.45, 2.75) is 20.0 Å². The number of rotatable bonds is 6. The van der Waals surface area contributed by atoms with Crippen molar-refractivity contribution in [2.24, 2.45) is 0 Å². The molecule has 1 aromatic heterocycles. The number of carbonyl (C=O) groups is 2. The lowest BCUT2D eigenvalue weighted by atomic mass is 10.1. The minimum absolute atomic E-state index is 0.0351. The lowest BCUT2D eigenvalue weighted by Crippen LogP contribution is -2.26. The van der Waals surface area contributed by atoms with Gasteiger partial charge >= 0.3 is 5.97 Å². The first-order valence-corrected chi connectivity index (χ1v) is 10.2. The van der Waals surface area contributed by atoms with Crippen LogP contribution in [-0.4, -0.2) is 16.9 Å². The van der Waals surface area contributed by atoms with Crippen LogP contribution in [0.5, 0.6) is 0 Å². The molecule has 0 aliphatic carbocycles. The van der Waals surface area contributed by atoms with Crippen LogP contribution in [0.3, 0.4) is 0 Å². The maximum atomic E-state index is 13.0. The van der Waals surface area contributed by atoms with Crippen molar-refractivity contribution < 1.29 is 18.7 Å². The third kappa shape index (κ3) is 4.75. The van der Waals surface area contributed by atoms with Gasteiger partial charge in [0.15, 0.2) is 5.69 Å². The maximum absolute atomic E-state index is 13.0. The molecule has 6 heteroatoms. The molecule has 4 rings (SSSR count). The molecule has 1 atom stereocenters. The van der Waals surface area contributed by atoms with Crippen molar-refractivity contribution in [1.29, 1.82) is 0 Å². The van der Waals surface area contributed by atoms with Crippen molar-refractivity contribution in [3.8, 4) is 11.5 Å². The highest BCUT2D eigenvalue weighted by atomic mass is 16.5. The molecule has 0 radical (unpaired) electrons. The first-order chi connectivity index (χ1) is 15.5. The summed E-state index contributed by atoms with van der Waals surface area (Å²) in [6.07, 6.45) is -1.15. The molecule has 1 N–H and O–H groups in total. The molecule has 160 valence electrons. The Morgan fingerprint density at radius 1 is 0.875 bits per heavy atom. The summed E-state index contributed by atoms with van der Waals surface area (Å²) in [5, 5.41) is 2.81. The summed E-state index contributed by atoms with van der Waals surface area (Å²) < 4.78 is 11.3. The Labute approximate surface area is 185 Å².